The number of hydrogen-bond acceptors (Lipinski definition) is 2. The lowest BCUT2D eigenvalue weighted by Gasteiger charge is -2.33. The van der Waals surface area contributed by atoms with E-state index in [0.29, 0.717) is 5.92 Å². The van der Waals surface area contributed by atoms with Gasteiger partial charge in [0, 0.05) is 6.54 Å². The number of likely N-dealkylation sites (tertiary alicyclic amines) is 1. The first kappa shape index (κ1) is 19.6. The van der Waals surface area contributed by atoms with E-state index < -0.39 is 0 Å². The summed E-state index contributed by atoms with van der Waals surface area (Å²) in [6, 6.07) is 17.4. The molecule has 0 N–H and O–H groups in total. The van der Waals surface area contributed by atoms with Crippen molar-refractivity contribution in [2.45, 2.75) is 53.0 Å². The first-order valence-corrected chi connectivity index (χ1v) is 10.3. The van der Waals surface area contributed by atoms with Crippen LogP contribution in [0.4, 0.5) is 0 Å². The van der Waals surface area contributed by atoms with Crippen LogP contribution in [0.15, 0.2) is 42.5 Å². The number of benzene rings is 2. The topological polar surface area (TPSA) is 27.0 Å². The molecule has 0 aliphatic carbocycles. The molecule has 0 bridgehead atoms. The molecule has 142 valence electrons. The smallest absolute Gasteiger partial charge is 0.0998 e. The number of nitriles is 1. The average molecular weight is 361 g/mol. The van der Waals surface area contributed by atoms with E-state index in [-0.39, 0.29) is 0 Å². The highest BCUT2D eigenvalue weighted by Crippen LogP contribution is 2.29. The molecule has 0 unspecified atom stereocenters. The van der Waals surface area contributed by atoms with Crippen molar-refractivity contribution in [3.05, 3.63) is 59.2 Å². The van der Waals surface area contributed by atoms with Crippen LogP contribution in [0.1, 0.15) is 63.1 Å². The zero-order valence-electron chi connectivity index (χ0n) is 17.2. The van der Waals surface area contributed by atoms with Gasteiger partial charge in [0.2, 0.25) is 0 Å². The van der Waals surface area contributed by atoms with Crippen molar-refractivity contribution in [2.75, 3.05) is 13.1 Å². The predicted molar refractivity (Wildman–Crippen MR) is 114 cm³/mol. The van der Waals surface area contributed by atoms with Gasteiger partial charge in [0.05, 0.1) is 11.6 Å². The SMILES string of the molecule is CC(C)c1cccc(-c2ccc(CN3CCC(C(C)C)CC3)cc2C#N)c1. The van der Waals surface area contributed by atoms with Crippen molar-refractivity contribution in [3.8, 4) is 17.2 Å². The molecule has 27 heavy (non-hydrogen) atoms. The highest BCUT2D eigenvalue weighted by molar-refractivity contribution is 5.71. The molecule has 0 saturated carbocycles. The standard InChI is InChI=1S/C25H32N2/c1-18(2)21-10-12-27(13-11-21)17-20-8-9-25(24(14-20)16-26)23-7-5-6-22(15-23)19(3)4/h5-9,14-15,18-19,21H,10-13,17H2,1-4H3. The molecule has 2 aromatic carbocycles. The second-order valence-corrected chi connectivity index (χ2v) is 8.63. The molecule has 0 atom stereocenters. The molecule has 1 saturated heterocycles. The van der Waals surface area contributed by atoms with E-state index in [1.165, 1.54) is 37.1 Å². The molecule has 3 rings (SSSR count). The van der Waals surface area contributed by atoms with Gasteiger partial charge >= 0.3 is 0 Å². The summed E-state index contributed by atoms with van der Waals surface area (Å²) in [5.41, 5.74) is 5.53. The summed E-state index contributed by atoms with van der Waals surface area (Å²) in [5, 5.41) is 9.72. The molecule has 1 aliphatic heterocycles. The molecular weight excluding hydrogens is 328 g/mol. The third kappa shape index (κ3) is 4.79. The quantitative estimate of drug-likeness (QED) is 0.633. The third-order valence-electron chi connectivity index (χ3n) is 6.05. The molecule has 2 heteroatoms. The molecular formula is C25H32N2. The number of piperidine rings is 1. The van der Waals surface area contributed by atoms with Crippen LogP contribution in [0.3, 0.4) is 0 Å². The molecule has 2 aromatic rings. The summed E-state index contributed by atoms with van der Waals surface area (Å²) in [4.78, 5) is 2.54. The fourth-order valence-corrected chi connectivity index (χ4v) is 4.14. The Labute approximate surface area is 164 Å². The van der Waals surface area contributed by atoms with Gasteiger partial charge in [-0.1, -0.05) is 64.1 Å². The Balaban J connectivity index is 1.76. The van der Waals surface area contributed by atoms with Gasteiger partial charge in [-0.2, -0.15) is 5.26 Å². The van der Waals surface area contributed by atoms with Crippen LogP contribution in [-0.4, -0.2) is 18.0 Å². The Kier molecular flexibility index (Phi) is 6.34. The summed E-state index contributed by atoms with van der Waals surface area (Å²) in [7, 11) is 0. The van der Waals surface area contributed by atoms with Gasteiger partial charge in [0.15, 0.2) is 0 Å². The maximum absolute atomic E-state index is 9.72. The number of nitrogens with zero attached hydrogens (tertiary/aromatic N) is 2. The monoisotopic (exact) mass is 360 g/mol. The van der Waals surface area contributed by atoms with Crippen molar-refractivity contribution in [3.63, 3.8) is 0 Å². The fourth-order valence-electron chi connectivity index (χ4n) is 4.14. The van der Waals surface area contributed by atoms with Gasteiger partial charge in [-0.3, -0.25) is 4.90 Å². The zero-order chi connectivity index (χ0) is 19.4. The number of rotatable bonds is 5. The van der Waals surface area contributed by atoms with E-state index in [1.54, 1.807) is 0 Å². The van der Waals surface area contributed by atoms with Gasteiger partial charge < -0.3 is 0 Å². The third-order valence-corrected chi connectivity index (χ3v) is 6.05. The molecule has 0 radical (unpaired) electrons. The van der Waals surface area contributed by atoms with Crippen LogP contribution in [-0.2, 0) is 6.54 Å². The highest BCUT2D eigenvalue weighted by Gasteiger charge is 2.21. The average Bonchev–Trinajstić information content (AvgIpc) is 2.68. The lowest BCUT2D eigenvalue weighted by Crippen LogP contribution is -2.34. The second kappa shape index (κ2) is 8.72. The normalized spacial score (nSPS) is 16.0. The minimum absolute atomic E-state index is 0.489. The minimum atomic E-state index is 0.489. The molecule has 0 aromatic heterocycles. The summed E-state index contributed by atoms with van der Waals surface area (Å²) in [6.07, 6.45) is 2.59. The summed E-state index contributed by atoms with van der Waals surface area (Å²) < 4.78 is 0. The Morgan fingerprint density at radius 1 is 1.04 bits per heavy atom. The molecule has 0 spiro atoms. The van der Waals surface area contributed by atoms with Crippen LogP contribution in [0.5, 0.6) is 0 Å². The summed E-state index contributed by atoms with van der Waals surface area (Å²) >= 11 is 0. The van der Waals surface area contributed by atoms with Crippen LogP contribution in [0, 0.1) is 23.2 Å². The van der Waals surface area contributed by atoms with Gasteiger partial charge in [0.25, 0.3) is 0 Å². The van der Waals surface area contributed by atoms with Gasteiger partial charge in [-0.15, -0.1) is 0 Å². The summed E-state index contributed by atoms with van der Waals surface area (Å²) in [5.74, 6) is 2.15. The van der Waals surface area contributed by atoms with E-state index in [2.05, 4.69) is 81.1 Å². The Hall–Kier alpha value is -2.11. The lowest BCUT2D eigenvalue weighted by molar-refractivity contribution is 0.152. The van der Waals surface area contributed by atoms with Crippen molar-refractivity contribution in [1.82, 2.24) is 4.90 Å². The zero-order valence-corrected chi connectivity index (χ0v) is 17.2. The molecule has 0 amide bonds. The maximum Gasteiger partial charge on any atom is 0.0998 e. The highest BCUT2D eigenvalue weighted by atomic mass is 15.1. The van der Waals surface area contributed by atoms with Crippen molar-refractivity contribution >= 4 is 0 Å². The second-order valence-electron chi connectivity index (χ2n) is 8.63. The Morgan fingerprint density at radius 2 is 1.78 bits per heavy atom. The van der Waals surface area contributed by atoms with Crippen molar-refractivity contribution in [2.24, 2.45) is 11.8 Å². The summed E-state index contributed by atoms with van der Waals surface area (Å²) in [6.45, 7) is 12.4. The molecule has 2 nitrogen and oxygen atoms in total. The lowest BCUT2D eigenvalue weighted by atomic mass is 9.86. The number of hydrogen-bond donors (Lipinski definition) is 0. The van der Waals surface area contributed by atoms with Gasteiger partial charge in [0.1, 0.15) is 0 Å². The van der Waals surface area contributed by atoms with Crippen LogP contribution in [0.25, 0.3) is 11.1 Å². The predicted octanol–water partition coefficient (Wildman–Crippen LogP) is 6.22. The van der Waals surface area contributed by atoms with Gasteiger partial charge in [-0.25, -0.2) is 0 Å². The van der Waals surface area contributed by atoms with E-state index in [1.807, 2.05) is 0 Å². The van der Waals surface area contributed by atoms with Gasteiger partial charge in [-0.05, 0) is 72.0 Å². The first-order valence-electron chi connectivity index (χ1n) is 10.3. The molecule has 1 aliphatic rings. The Morgan fingerprint density at radius 3 is 2.41 bits per heavy atom. The molecule has 1 heterocycles. The van der Waals surface area contributed by atoms with Crippen molar-refractivity contribution < 1.29 is 0 Å². The van der Waals surface area contributed by atoms with E-state index in [9.17, 15) is 5.26 Å². The van der Waals surface area contributed by atoms with Crippen LogP contribution in [0.2, 0.25) is 0 Å². The largest absolute Gasteiger partial charge is 0.299 e. The van der Waals surface area contributed by atoms with E-state index >= 15 is 0 Å². The molecule has 1 fully saturated rings. The van der Waals surface area contributed by atoms with E-state index in [4.69, 9.17) is 0 Å². The van der Waals surface area contributed by atoms with Crippen LogP contribution >= 0.6 is 0 Å². The van der Waals surface area contributed by atoms with Crippen LogP contribution < -0.4 is 0 Å². The van der Waals surface area contributed by atoms with Crippen molar-refractivity contribution in [1.29, 1.82) is 5.26 Å². The first-order chi connectivity index (χ1) is 13.0. The Bertz CT molecular complexity index is 805. The van der Waals surface area contributed by atoms with E-state index in [0.717, 1.165) is 35.1 Å². The minimum Gasteiger partial charge on any atom is -0.299 e. The fraction of sp³-hybridized carbons (Fsp3) is 0.480. The maximum atomic E-state index is 9.72.